The highest BCUT2D eigenvalue weighted by Crippen LogP contribution is 2.34. The van der Waals surface area contributed by atoms with E-state index in [-0.39, 0.29) is 18.0 Å². The number of anilines is 1. The number of rotatable bonds is 7. The van der Waals surface area contributed by atoms with Crippen LogP contribution in [-0.2, 0) is 13.5 Å². The highest BCUT2D eigenvalue weighted by Gasteiger charge is 2.29. The predicted molar refractivity (Wildman–Crippen MR) is 127 cm³/mol. The summed E-state index contributed by atoms with van der Waals surface area (Å²) in [5.41, 5.74) is 4.68. The van der Waals surface area contributed by atoms with E-state index in [0.717, 1.165) is 22.4 Å². The monoisotopic (exact) mass is 443 g/mol. The van der Waals surface area contributed by atoms with Crippen LogP contribution >= 0.6 is 0 Å². The molecule has 0 saturated carbocycles. The fourth-order valence-corrected chi connectivity index (χ4v) is 4.17. The Kier molecular flexibility index (Phi) is 6.04. The fraction of sp³-hybridized carbons (Fsp3) is 0.231. The molecule has 7 heteroatoms. The van der Waals surface area contributed by atoms with E-state index < -0.39 is 0 Å². The van der Waals surface area contributed by atoms with Crippen LogP contribution in [0, 0.1) is 5.82 Å². The summed E-state index contributed by atoms with van der Waals surface area (Å²) in [4.78, 5) is 4.57. The van der Waals surface area contributed by atoms with E-state index in [0.29, 0.717) is 31.0 Å². The molecule has 0 unspecified atom stereocenters. The van der Waals surface area contributed by atoms with Gasteiger partial charge in [0.2, 0.25) is 5.88 Å². The smallest absolute Gasteiger partial charge is 0.237 e. The fourth-order valence-electron chi connectivity index (χ4n) is 4.17. The summed E-state index contributed by atoms with van der Waals surface area (Å²) in [7, 11) is 1.89. The maximum atomic E-state index is 14.0. The lowest BCUT2D eigenvalue weighted by Crippen LogP contribution is -2.43. The van der Waals surface area contributed by atoms with Gasteiger partial charge >= 0.3 is 0 Å². The Morgan fingerprint density at radius 1 is 1.12 bits per heavy atom. The Morgan fingerprint density at radius 2 is 1.94 bits per heavy atom. The van der Waals surface area contributed by atoms with Crippen LogP contribution in [0.15, 0.2) is 79.3 Å². The number of aromatic nitrogens is 3. The van der Waals surface area contributed by atoms with E-state index in [1.54, 1.807) is 10.7 Å². The van der Waals surface area contributed by atoms with E-state index >= 15 is 0 Å². The molecule has 1 aliphatic heterocycles. The summed E-state index contributed by atoms with van der Waals surface area (Å²) in [5.74, 6) is 0.407. The van der Waals surface area contributed by atoms with Gasteiger partial charge in [0.05, 0.1) is 24.5 Å². The van der Waals surface area contributed by atoms with Gasteiger partial charge in [-0.1, -0.05) is 48.5 Å². The first kappa shape index (κ1) is 21.2. The summed E-state index contributed by atoms with van der Waals surface area (Å²) >= 11 is 0. The molecule has 0 aliphatic carbocycles. The van der Waals surface area contributed by atoms with Crippen molar-refractivity contribution in [3.05, 3.63) is 96.2 Å². The summed E-state index contributed by atoms with van der Waals surface area (Å²) < 4.78 is 22.1. The number of fused-ring (bicyclic) bond motifs is 1. The van der Waals surface area contributed by atoms with Gasteiger partial charge in [0.15, 0.2) is 0 Å². The number of halogens is 1. The maximum absolute atomic E-state index is 14.0. The highest BCUT2D eigenvalue weighted by molar-refractivity contribution is 5.69. The molecular formula is C26H26FN5O. The zero-order valence-electron chi connectivity index (χ0n) is 18.4. The van der Waals surface area contributed by atoms with Gasteiger partial charge in [0, 0.05) is 30.6 Å². The molecule has 0 fully saturated rings. The van der Waals surface area contributed by atoms with E-state index in [4.69, 9.17) is 4.74 Å². The molecule has 3 heterocycles. The molecule has 0 bridgehead atoms. The van der Waals surface area contributed by atoms with Crippen LogP contribution in [0.2, 0.25) is 0 Å². The van der Waals surface area contributed by atoms with E-state index in [1.807, 2.05) is 62.0 Å². The lowest BCUT2D eigenvalue weighted by Gasteiger charge is -2.33. The van der Waals surface area contributed by atoms with Crippen molar-refractivity contribution in [3.63, 3.8) is 0 Å². The quantitative estimate of drug-likeness (QED) is 0.444. The van der Waals surface area contributed by atoms with Gasteiger partial charge in [-0.2, -0.15) is 5.10 Å². The van der Waals surface area contributed by atoms with Crippen molar-refractivity contribution in [2.45, 2.75) is 18.6 Å². The predicted octanol–water partition coefficient (Wildman–Crippen LogP) is 4.37. The minimum Gasteiger partial charge on any atom is -0.469 e. The van der Waals surface area contributed by atoms with Gasteiger partial charge in [-0.25, -0.2) is 9.37 Å². The number of hydrogen-bond acceptors (Lipinski definition) is 5. The van der Waals surface area contributed by atoms with Crippen molar-refractivity contribution in [3.8, 4) is 17.0 Å². The average molecular weight is 444 g/mol. The second kappa shape index (κ2) is 9.42. The van der Waals surface area contributed by atoms with Crippen LogP contribution in [0.5, 0.6) is 5.88 Å². The second-order valence-electron chi connectivity index (χ2n) is 8.20. The van der Waals surface area contributed by atoms with E-state index in [9.17, 15) is 4.39 Å². The molecule has 0 spiro atoms. The molecule has 4 aromatic rings. The van der Waals surface area contributed by atoms with Gasteiger partial charge in [-0.15, -0.1) is 0 Å². The first-order valence-electron chi connectivity index (χ1n) is 11.1. The molecule has 1 aliphatic rings. The Hall–Kier alpha value is -3.71. The largest absolute Gasteiger partial charge is 0.469 e. The Labute approximate surface area is 192 Å². The first-order valence-corrected chi connectivity index (χ1v) is 11.1. The van der Waals surface area contributed by atoms with Gasteiger partial charge in [0.1, 0.15) is 11.9 Å². The Bertz CT molecular complexity index is 1230. The summed E-state index contributed by atoms with van der Waals surface area (Å²) in [5, 5.41) is 11.3. The van der Waals surface area contributed by atoms with Crippen LogP contribution in [-0.4, -0.2) is 34.0 Å². The SMILES string of the molecule is Cn1cc(-c2cnc3c(c2)NC[C@@H]([C@H](NCCc2ccccc2F)c2ccccc2)O3)cn1. The van der Waals surface area contributed by atoms with Crippen LogP contribution in [0.4, 0.5) is 10.1 Å². The van der Waals surface area contributed by atoms with Gasteiger partial charge in [0.25, 0.3) is 0 Å². The van der Waals surface area contributed by atoms with Crippen molar-refractivity contribution in [1.82, 2.24) is 20.1 Å². The number of ether oxygens (including phenoxy) is 1. The zero-order valence-corrected chi connectivity index (χ0v) is 18.4. The lowest BCUT2D eigenvalue weighted by atomic mass is 9.99. The highest BCUT2D eigenvalue weighted by atomic mass is 19.1. The number of pyridine rings is 1. The standard InChI is InChI=1S/C26H26FN5O/c1-32-17-21(15-31-32)20-13-23-26(30-14-20)33-24(16-29-23)25(19-8-3-2-4-9-19)28-12-11-18-7-5-6-10-22(18)27/h2-10,13-15,17,24-25,28-29H,11-12,16H2,1H3/t24-,25+/m0/s1. The van der Waals surface area contributed by atoms with Crippen molar-refractivity contribution in [1.29, 1.82) is 0 Å². The van der Waals surface area contributed by atoms with Crippen LogP contribution in [0.3, 0.4) is 0 Å². The molecule has 2 N–H and O–H groups in total. The molecule has 33 heavy (non-hydrogen) atoms. The third-order valence-corrected chi connectivity index (χ3v) is 5.89. The van der Waals surface area contributed by atoms with Gasteiger partial charge in [-0.05, 0) is 36.2 Å². The summed E-state index contributed by atoms with van der Waals surface area (Å²) in [6.07, 6.45) is 6.02. The number of benzene rings is 2. The Morgan fingerprint density at radius 3 is 2.73 bits per heavy atom. The van der Waals surface area contributed by atoms with Crippen LogP contribution < -0.4 is 15.4 Å². The van der Waals surface area contributed by atoms with Crippen molar-refractivity contribution < 1.29 is 9.13 Å². The molecule has 0 saturated heterocycles. The summed E-state index contributed by atoms with van der Waals surface area (Å²) in [6.45, 7) is 1.25. The number of aryl methyl sites for hydroxylation is 1. The third kappa shape index (κ3) is 4.73. The molecule has 2 aromatic heterocycles. The molecule has 6 nitrogen and oxygen atoms in total. The van der Waals surface area contributed by atoms with Crippen molar-refractivity contribution >= 4 is 5.69 Å². The number of nitrogens with zero attached hydrogens (tertiary/aromatic N) is 3. The minimum atomic E-state index is -0.173. The van der Waals surface area contributed by atoms with E-state index in [1.165, 1.54) is 6.07 Å². The van der Waals surface area contributed by atoms with Crippen LogP contribution in [0.25, 0.3) is 11.1 Å². The normalized spacial score (nSPS) is 15.9. The first-order chi connectivity index (χ1) is 16.2. The van der Waals surface area contributed by atoms with Gasteiger partial charge in [-0.3, -0.25) is 4.68 Å². The molecule has 168 valence electrons. The molecule has 2 aromatic carbocycles. The second-order valence-corrected chi connectivity index (χ2v) is 8.20. The zero-order chi connectivity index (χ0) is 22.6. The van der Waals surface area contributed by atoms with Crippen molar-refractivity contribution in [2.24, 2.45) is 7.05 Å². The minimum absolute atomic E-state index is 0.0709. The Balaban J connectivity index is 1.33. The topological polar surface area (TPSA) is 64.0 Å². The molecule has 5 rings (SSSR count). The third-order valence-electron chi connectivity index (χ3n) is 5.89. The maximum Gasteiger partial charge on any atom is 0.237 e. The molecule has 0 radical (unpaired) electrons. The van der Waals surface area contributed by atoms with E-state index in [2.05, 4.69) is 32.8 Å². The average Bonchev–Trinajstić information content (AvgIpc) is 3.29. The van der Waals surface area contributed by atoms with Crippen molar-refractivity contribution in [2.75, 3.05) is 18.4 Å². The molecular weight excluding hydrogens is 417 g/mol. The molecule has 0 amide bonds. The lowest BCUT2D eigenvalue weighted by molar-refractivity contribution is 0.150. The molecule has 2 atom stereocenters. The summed E-state index contributed by atoms with van der Waals surface area (Å²) in [6, 6.07) is 19.1. The number of nitrogens with one attached hydrogen (secondary N) is 2. The van der Waals surface area contributed by atoms with Crippen LogP contribution in [0.1, 0.15) is 17.2 Å². The van der Waals surface area contributed by atoms with Gasteiger partial charge < -0.3 is 15.4 Å². The number of hydrogen-bond donors (Lipinski definition) is 2.